The zero-order chi connectivity index (χ0) is 22.5. The number of nitrogens with one attached hydrogen (secondary N) is 1. The molecule has 32 heavy (non-hydrogen) atoms. The minimum absolute atomic E-state index is 0.0353. The molecule has 0 radical (unpaired) electrons. The van der Waals surface area contributed by atoms with E-state index in [1.54, 1.807) is 11.1 Å². The number of nitrogens with zero attached hydrogens (tertiary/aromatic N) is 3. The maximum atomic E-state index is 13.2. The Morgan fingerprint density at radius 2 is 1.91 bits per heavy atom. The Kier molecular flexibility index (Phi) is 7.05. The van der Waals surface area contributed by atoms with Gasteiger partial charge in [0.25, 0.3) is 0 Å². The third-order valence-electron chi connectivity index (χ3n) is 6.07. The van der Waals surface area contributed by atoms with E-state index in [0.717, 1.165) is 35.6 Å². The molecule has 4 rings (SSSR count). The van der Waals surface area contributed by atoms with E-state index in [-0.39, 0.29) is 17.7 Å². The van der Waals surface area contributed by atoms with E-state index in [1.165, 1.54) is 0 Å². The summed E-state index contributed by atoms with van der Waals surface area (Å²) in [5, 5.41) is 3.06. The minimum Gasteiger partial charge on any atom is -0.378 e. The number of hydrogen-bond donors (Lipinski definition) is 1. The van der Waals surface area contributed by atoms with Gasteiger partial charge in [0.1, 0.15) is 11.9 Å². The third kappa shape index (κ3) is 5.27. The van der Waals surface area contributed by atoms with Crippen LogP contribution in [0.2, 0.25) is 0 Å². The smallest absolute Gasteiger partial charge is 0.243 e. The zero-order valence-corrected chi connectivity index (χ0v) is 18.9. The Labute approximate surface area is 189 Å². The summed E-state index contributed by atoms with van der Waals surface area (Å²) < 4.78 is 5.42. The van der Waals surface area contributed by atoms with Gasteiger partial charge in [-0.05, 0) is 34.7 Å². The molecule has 1 N–H and O–H groups in total. The lowest BCUT2D eigenvalue weighted by molar-refractivity contribution is -0.142. The highest BCUT2D eigenvalue weighted by atomic mass is 16.5. The van der Waals surface area contributed by atoms with Gasteiger partial charge < -0.3 is 19.9 Å². The fourth-order valence-electron chi connectivity index (χ4n) is 4.33. The second-order valence-corrected chi connectivity index (χ2v) is 8.95. The van der Waals surface area contributed by atoms with Gasteiger partial charge in [-0.15, -0.1) is 0 Å². The lowest BCUT2D eigenvalue weighted by Gasteiger charge is -2.36. The molecular formula is C25H32N4O3. The van der Waals surface area contributed by atoms with Crippen molar-refractivity contribution in [2.75, 3.05) is 31.2 Å². The normalized spacial score (nSPS) is 18.4. The standard InChI is InChI=1S/C25H32N4O3/c1-18(2)13-24(30)29-17-21-6-4-3-5-20(21)15-22(29)25(31)27-16-19-7-8-26-23(14-19)28-9-11-32-12-10-28/h3-8,14,18,22H,9-13,15-17H2,1-2H3,(H,27,31). The van der Waals surface area contributed by atoms with Crippen LogP contribution in [0.3, 0.4) is 0 Å². The molecule has 0 bridgehead atoms. The molecular weight excluding hydrogens is 404 g/mol. The van der Waals surface area contributed by atoms with Crippen molar-refractivity contribution in [2.45, 2.75) is 45.8 Å². The number of rotatable bonds is 6. The number of fused-ring (bicyclic) bond motifs is 1. The second kappa shape index (κ2) is 10.1. The molecule has 2 aliphatic rings. The van der Waals surface area contributed by atoms with Crippen LogP contribution >= 0.6 is 0 Å². The van der Waals surface area contributed by atoms with E-state index < -0.39 is 6.04 Å². The van der Waals surface area contributed by atoms with Crippen molar-refractivity contribution in [1.82, 2.24) is 15.2 Å². The van der Waals surface area contributed by atoms with E-state index in [9.17, 15) is 9.59 Å². The fraction of sp³-hybridized carbons (Fsp3) is 0.480. The summed E-state index contributed by atoms with van der Waals surface area (Å²) in [7, 11) is 0. The van der Waals surface area contributed by atoms with E-state index in [2.05, 4.69) is 21.3 Å². The van der Waals surface area contributed by atoms with Crippen molar-refractivity contribution in [1.29, 1.82) is 0 Å². The van der Waals surface area contributed by atoms with E-state index >= 15 is 0 Å². The van der Waals surface area contributed by atoms with Gasteiger partial charge in [0.05, 0.1) is 13.2 Å². The van der Waals surface area contributed by atoms with Crippen LogP contribution in [-0.2, 0) is 33.8 Å². The highest BCUT2D eigenvalue weighted by Gasteiger charge is 2.34. The van der Waals surface area contributed by atoms with Crippen LogP contribution in [-0.4, -0.2) is 54.0 Å². The largest absolute Gasteiger partial charge is 0.378 e. The first-order valence-electron chi connectivity index (χ1n) is 11.4. The van der Waals surface area contributed by atoms with Gasteiger partial charge in [-0.1, -0.05) is 38.1 Å². The molecule has 1 atom stereocenters. The highest BCUT2D eigenvalue weighted by Crippen LogP contribution is 2.25. The van der Waals surface area contributed by atoms with Crippen LogP contribution < -0.4 is 10.2 Å². The number of aromatic nitrogens is 1. The molecule has 1 aromatic carbocycles. The van der Waals surface area contributed by atoms with Gasteiger partial charge in [0, 0.05) is 45.2 Å². The molecule has 1 unspecified atom stereocenters. The molecule has 3 heterocycles. The lowest BCUT2D eigenvalue weighted by atomic mass is 9.92. The summed E-state index contributed by atoms with van der Waals surface area (Å²) in [4.78, 5) is 34.6. The first kappa shape index (κ1) is 22.3. The van der Waals surface area contributed by atoms with Gasteiger partial charge in [-0.3, -0.25) is 9.59 Å². The summed E-state index contributed by atoms with van der Waals surface area (Å²) in [5.41, 5.74) is 3.25. The van der Waals surface area contributed by atoms with Crippen molar-refractivity contribution >= 4 is 17.6 Å². The molecule has 7 heteroatoms. The first-order chi connectivity index (χ1) is 15.5. The van der Waals surface area contributed by atoms with Crippen molar-refractivity contribution in [3.05, 3.63) is 59.3 Å². The molecule has 0 spiro atoms. The number of benzene rings is 1. The lowest BCUT2D eigenvalue weighted by Crippen LogP contribution is -2.52. The van der Waals surface area contributed by atoms with Crippen molar-refractivity contribution in [2.24, 2.45) is 5.92 Å². The monoisotopic (exact) mass is 436 g/mol. The van der Waals surface area contributed by atoms with Gasteiger partial charge in [0.2, 0.25) is 11.8 Å². The number of hydrogen-bond acceptors (Lipinski definition) is 5. The topological polar surface area (TPSA) is 74.8 Å². The van der Waals surface area contributed by atoms with Crippen LogP contribution in [0.25, 0.3) is 0 Å². The molecule has 1 fully saturated rings. The quantitative estimate of drug-likeness (QED) is 0.753. The molecule has 1 saturated heterocycles. The maximum absolute atomic E-state index is 13.2. The molecule has 2 amide bonds. The number of carbonyl (C=O) groups is 2. The molecule has 2 aliphatic heterocycles. The maximum Gasteiger partial charge on any atom is 0.243 e. The van der Waals surface area contributed by atoms with Crippen LogP contribution in [0.4, 0.5) is 5.82 Å². The van der Waals surface area contributed by atoms with Crippen LogP contribution in [0.1, 0.15) is 37.0 Å². The van der Waals surface area contributed by atoms with Gasteiger partial charge in [-0.2, -0.15) is 0 Å². The molecule has 170 valence electrons. The number of pyridine rings is 1. The molecule has 7 nitrogen and oxygen atoms in total. The SMILES string of the molecule is CC(C)CC(=O)N1Cc2ccccc2CC1C(=O)NCc1ccnc(N2CCOCC2)c1. The third-order valence-corrected chi connectivity index (χ3v) is 6.07. The number of morpholine rings is 1. The van der Waals surface area contributed by atoms with Gasteiger partial charge in [-0.25, -0.2) is 4.98 Å². The first-order valence-corrected chi connectivity index (χ1v) is 11.4. The molecule has 1 aromatic heterocycles. The van der Waals surface area contributed by atoms with Crippen molar-refractivity contribution in [3.63, 3.8) is 0 Å². The highest BCUT2D eigenvalue weighted by molar-refractivity contribution is 5.88. The number of ether oxygens (including phenoxy) is 1. The Balaban J connectivity index is 1.45. The minimum atomic E-state index is -0.489. The predicted octanol–water partition coefficient (Wildman–Crippen LogP) is 2.53. The van der Waals surface area contributed by atoms with Crippen LogP contribution in [0.15, 0.2) is 42.6 Å². The molecule has 0 aliphatic carbocycles. The Morgan fingerprint density at radius 3 is 2.66 bits per heavy atom. The summed E-state index contributed by atoms with van der Waals surface area (Å²) in [6.07, 6.45) is 2.77. The summed E-state index contributed by atoms with van der Waals surface area (Å²) >= 11 is 0. The average Bonchev–Trinajstić information content (AvgIpc) is 2.82. The van der Waals surface area contributed by atoms with Gasteiger partial charge >= 0.3 is 0 Å². The van der Waals surface area contributed by atoms with Crippen molar-refractivity contribution < 1.29 is 14.3 Å². The molecule has 0 saturated carbocycles. The van der Waals surface area contributed by atoms with Gasteiger partial charge in [0.15, 0.2) is 0 Å². The fourth-order valence-corrected chi connectivity index (χ4v) is 4.33. The zero-order valence-electron chi connectivity index (χ0n) is 18.9. The Morgan fingerprint density at radius 1 is 1.16 bits per heavy atom. The second-order valence-electron chi connectivity index (χ2n) is 8.95. The number of amides is 2. The average molecular weight is 437 g/mol. The van der Waals surface area contributed by atoms with E-state index in [4.69, 9.17) is 4.74 Å². The summed E-state index contributed by atoms with van der Waals surface area (Å²) in [5.74, 6) is 1.08. The number of anilines is 1. The van der Waals surface area contributed by atoms with Crippen molar-refractivity contribution in [3.8, 4) is 0 Å². The van der Waals surface area contributed by atoms with Crippen LogP contribution in [0.5, 0.6) is 0 Å². The van der Waals surface area contributed by atoms with E-state index in [0.29, 0.717) is 39.1 Å². The Hall–Kier alpha value is -2.93. The van der Waals surface area contributed by atoms with E-state index in [1.807, 2.05) is 44.2 Å². The summed E-state index contributed by atoms with van der Waals surface area (Å²) in [6.45, 7) is 7.98. The number of carbonyl (C=O) groups excluding carboxylic acids is 2. The predicted molar refractivity (Wildman–Crippen MR) is 123 cm³/mol. The Bertz CT molecular complexity index is 956. The van der Waals surface area contributed by atoms with Crippen LogP contribution in [0, 0.1) is 5.92 Å². The molecule has 2 aromatic rings. The summed E-state index contributed by atoms with van der Waals surface area (Å²) in [6, 6.07) is 11.5.